The maximum atomic E-state index is 14.3. The molecule has 0 fully saturated rings. The number of benzene rings is 3. The molecule has 0 atom stereocenters. The molecule has 6 nitrogen and oxygen atoms in total. The first kappa shape index (κ1) is 29.7. The second-order valence-corrected chi connectivity index (χ2v) is 12.9. The Morgan fingerprint density at radius 2 is 1.57 bits per heavy atom. The first-order valence-corrected chi connectivity index (χ1v) is 16.3. The van der Waals surface area contributed by atoms with Crippen molar-refractivity contribution in [2.45, 2.75) is 39.8 Å². The van der Waals surface area contributed by atoms with E-state index < -0.39 is 0 Å². The molecule has 0 saturated heterocycles. The number of para-hydroxylation sites is 1. The van der Waals surface area contributed by atoms with Gasteiger partial charge in [-0.2, -0.15) is 0 Å². The first-order chi connectivity index (χ1) is 21.3. The molecule has 0 saturated carbocycles. The molecule has 0 aliphatic rings. The van der Waals surface area contributed by atoms with Crippen LogP contribution in [-0.4, -0.2) is 32.3 Å². The Kier molecular flexibility index (Phi) is 8.29. The molecule has 6 rings (SSSR count). The Labute approximate surface area is 265 Å². The van der Waals surface area contributed by atoms with Crippen molar-refractivity contribution >= 4 is 39.1 Å². The lowest BCUT2D eigenvalue weighted by Crippen LogP contribution is -2.22. The number of fused-ring (bicyclic) bond motifs is 1. The van der Waals surface area contributed by atoms with Crippen molar-refractivity contribution in [3.8, 4) is 28.3 Å². The van der Waals surface area contributed by atoms with Gasteiger partial charge in [-0.3, -0.25) is 14.2 Å². The summed E-state index contributed by atoms with van der Waals surface area (Å²) in [7, 11) is 0. The number of thioether (sulfide) groups is 1. The van der Waals surface area contributed by atoms with Crippen LogP contribution in [0.25, 0.3) is 32.7 Å². The Hall–Kier alpha value is -4.40. The highest BCUT2D eigenvalue weighted by Gasteiger charge is 2.23. The fourth-order valence-electron chi connectivity index (χ4n) is 5.62. The minimum absolute atomic E-state index is 0.0167. The summed E-state index contributed by atoms with van der Waals surface area (Å²) in [4.78, 5) is 34.7. The average molecular weight is 620 g/mol. The third-order valence-corrected chi connectivity index (χ3v) is 9.63. The van der Waals surface area contributed by atoms with Gasteiger partial charge >= 0.3 is 0 Å². The Morgan fingerprint density at radius 3 is 2.25 bits per heavy atom. The van der Waals surface area contributed by atoms with Crippen molar-refractivity contribution in [1.29, 1.82) is 0 Å². The number of ketones is 1. The molecular weight excluding hydrogens is 587 g/mol. The van der Waals surface area contributed by atoms with E-state index in [0.29, 0.717) is 33.2 Å². The van der Waals surface area contributed by atoms with Crippen molar-refractivity contribution in [3.05, 3.63) is 123 Å². The average Bonchev–Trinajstić information content (AvgIpc) is 3.52. The SMILES string of the molecule is CCOc1ccc(-n2c(C)cc(C(=O)CSc3nc4sc(C)c(-c5ccc(C)cc5)c4c(=O)n3-c3ccccc3)c2C)cc1. The second kappa shape index (κ2) is 12.3. The molecule has 3 heterocycles. The number of aryl methyl sites for hydroxylation is 3. The zero-order valence-corrected chi connectivity index (χ0v) is 27.0. The maximum Gasteiger partial charge on any atom is 0.268 e. The molecule has 44 heavy (non-hydrogen) atoms. The van der Waals surface area contributed by atoms with Crippen LogP contribution in [0.4, 0.5) is 0 Å². The van der Waals surface area contributed by atoms with Crippen LogP contribution in [0.15, 0.2) is 94.9 Å². The standard InChI is InChI=1S/C36H33N3O3S2/c1-6-42-29-18-16-28(17-19-29)38-23(3)20-30(24(38)4)31(40)21-43-36-37-34-33(35(41)39(36)27-10-8-7-9-11-27)32(25(5)44-34)26-14-12-22(2)13-15-26/h7-20H,6,21H2,1-5H3. The van der Waals surface area contributed by atoms with Crippen LogP contribution in [0.3, 0.4) is 0 Å². The summed E-state index contributed by atoms with van der Waals surface area (Å²) in [6, 6.07) is 27.6. The van der Waals surface area contributed by atoms with Gasteiger partial charge in [-0.05, 0) is 82.6 Å². The molecule has 0 aliphatic heterocycles. The number of ether oxygens (including phenoxy) is 1. The van der Waals surface area contributed by atoms with E-state index in [1.165, 1.54) is 23.1 Å². The van der Waals surface area contributed by atoms with Gasteiger partial charge in [0.15, 0.2) is 10.9 Å². The van der Waals surface area contributed by atoms with Crippen LogP contribution < -0.4 is 10.3 Å². The fraction of sp³-hybridized carbons (Fsp3) is 0.194. The third kappa shape index (κ3) is 5.51. The van der Waals surface area contributed by atoms with E-state index in [2.05, 4.69) is 35.8 Å². The van der Waals surface area contributed by atoms with Gasteiger partial charge < -0.3 is 9.30 Å². The number of Topliss-reactive ketones (excluding diaryl/α,β-unsaturated/α-hetero) is 1. The first-order valence-electron chi connectivity index (χ1n) is 14.5. The van der Waals surface area contributed by atoms with Crippen LogP contribution in [0.2, 0.25) is 0 Å². The predicted octanol–water partition coefficient (Wildman–Crippen LogP) is 8.51. The lowest BCUT2D eigenvalue weighted by molar-refractivity contribution is 0.102. The van der Waals surface area contributed by atoms with Gasteiger partial charge in [0, 0.05) is 33.1 Å². The Morgan fingerprint density at radius 1 is 0.886 bits per heavy atom. The molecule has 0 unspecified atom stereocenters. The lowest BCUT2D eigenvalue weighted by atomic mass is 10.0. The van der Waals surface area contributed by atoms with E-state index >= 15 is 0 Å². The number of carbonyl (C=O) groups excluding carboxylic acids is 1. The molecule has 8 heteroatoms. The molecular formula is C36H33N3O3S2. The van der Waals surface area contributed by atoms with Crippen molar-refractivity contribution in [2.75, 3.05) is 12.4 Å². The summed E-state index contributed by atoms with van der Waals surface area (Å²) in [5, 5.41) is 1.11. The highest BCUT2D eigenvalue weighted by molar-refractivity contribution is 7.99. The maximum absolute atomic E-state index is 14.3. The van der Waals surface area contributed by atoms with Crippen molar-refractivity contribution in [2.24, 2.45) is 0 Å². The number of rotatable bonds is 9. The van der Waals surface area contributed by atoms with E-state index in [1.807, 2.05) is 88.4 Å². The van der Waals surface area contributed by atoms with Crippen LogP contribution in [-0.2, 0) is 0 Å². The number of thiophene rings is 1. The highest BCUT2D eigenvalue weighted by Crippen LogP contribution is 2.37. The van der Waals surface area contributed by atoms with Crippen LogP contribution in [0.1, 0.15) is 39.1 Å². The topological polar surface area (TPSA) is 66.1 Å². The largest absolute Gasteiger partial charge is 0.494 e. The van der Waals surface area contributed by atoms with Crippen LogP contribution in [0.5, 0.6) is 5.75 Å². The molecule has 3 aromatic heterocycles. The van der Waals surface area contributed by atoms with Gasteiger partial charge in [0.05, 0.1) is 23.4 Å². The van der Waals surface area contributed by atoms with Crippen LogP contribution in [0, 0.1) is 27.7 Å². The summed E-state index contributed by atoms with van der Waals surface area (Å²) in [5.74, 6) is 0.942. The monoisotopic (exact) mass is 619 g/mol. The number of hydrogen-bond donors (Lipinski definition) is 0. The Balaban J connectivity index is 1.37. The number of aromatic nitrogens is 3. The van der Waals surface area contributed by atoms with E-state index in [4.69, 9.17) is 9.72 Å². The predicted molar refractivity (Wildman–Crippen MR) is 182 cm³/mol. The number of carbonyl (C=O) groups is 1. The third-order valence-electron chi connectivity index (χ3n) is 7.70. The van der Waals surface area contributed by atoms with Gasteiger partial charge in [-0.25, -0.2) is 4.98 Å². The molecule has 222 valence electrons. The summed E-state index contributed by atoms with van der Waals surface area (Å²) < 4.78 is 9.32. The van der Waals surface area contributed by atoms with Gasteiger partial charge in [0.1, 0.15) is 10.6 Å². The quantitative estimate of drug-likeness (QED) is 0.0922. The summed E-state index contributed by atoms with van der Waals surface area (Å²) in [5.41, 5.74) is 7.13. The number of hydrogen-bond acceptors (Lipinski definition) is 6. The molecule has 0 radical (unpaired) electrons. The summed E-state index contributed by atoms with van der Waals surface area (Å²) >= 11 is 2.81. The van der Waals surface area contributed by atoms with Gasteiger partial charge in [0.2, 0.25) is 0 Å². The van der Waals surface area contributed by atoms with Crippen molar-refractivity contribution < 1.29 is 9.53 Å². The minimum Gasteiger partial charge on any atom is -0.494 e. The zero-order valence-electron chi connectivity index (χ0n) is 25.4. The molecule has 0 bridgehead atoms. The van der Waals surface area contributed by atoms with E-state index in [-0.39, 0.29) is 17.1 Å². The zero-order chi connectivity index (χ0) is 31.0. The molecule has 3 aromatic carbocycles. The van der Waals surface area contributed by atoms with E-state index in [9.17, 15) is 9.59 Å². The highest BCUT2D eigenvalue weighted by atomic mass is 32.2. The van der Waals surface area contributed by atoms with Crippen molar-refractivity contribution in [1.82, 2.24) is 14.1 Å². The molecule has 0 spiro atoms. The molecule has 6 aromatic rings. The van der Waals surface area contributed by atoms with Crippen LogP contribution >= 0.6 is 23.1 Å². The summed E-state index contributed by atoms with van der Waals surface area (Å²) in [6.07, 6.45) is 0. The molecule has 0 aliphatic carbocycles. The van der Waals surface area contributed by atoms with Gasteiger partial charge in [-0.1, -0.05) is 59.8 Å². The number of nitrogens with zero attached hydrogens (tertiary/aromatic N) is 3. The molecule has 0 amide bonds. The molecule has 0 N–H and O–H groups in total. The minimum atomic E-state index is -0.134. The Bertz CT molecular complexity index is 2040. The summed E-state index contributed by atoms with van der Waals surface area (Å²) in [6.45, 7) is 10.6. The van der Waals surface area contributed by atoms with E-state index in [0.717, 1.165) is 44.4 Å². The fourth-order valence-corrected chi connectivity index (χ4v) is 7.60. The normalized spacial score (nSPS) is 11.3. The lowest BCUT2D eigenvalue weighted by Gasteiger charge is -2.13. The second-order valence-electron chi connectivity index (χ2n) is 10.7. The van der Waals surface area contributed by atoms with Crippen molar-refractivity contribution in [3.63, 3.8) is 0 Å². The smallest absolute Gasteiger partial charge is 0.268 e. The van der Waals surface area contributed by atoms with Gasteiger partial charge in [0.25, 0.3) is 5.56 Å². The van der Waals surface area contributed by atoms with Gasteiger partial charge in [-0.15, -0.1) is 11.3 Å². The van der Waals surface area contributed by atoms with E-state index in [1.54, 1.807) is 4.57 Å².